The molecular formula is C2H7O3PS. The smallest absolute Gasteiger partial charge is 0.317 e. The van der Waals surface area contributed by atoms with Gasteiger partial charge in [0.15, 0.2) is 0 Å². The van der Waals surface area contributed by atoms with E-state index in [0.29, 0.717) is 0 Å². The lowest BCUT2D eigenvalue weighted by molar-refractivity contribution is 0.291. The first-order valence-electron chi connectivity index (χ1n) is 1.76. The van der Waals surface area contributed by atoms with Gasteiger partial charge in [-0.3, -0.25) is 0 Å². The molecule has 0 saturated heterocycles. The van der Waals surface area contributed by atoms with Gasteiger partial charge in [-0.2, -0.15) is 0 Å². The van der Waals surface area contributed by atoms with Crippen LogP contribution in [0.15, 0.2) is 0 Å². The summed E-state index contributed by atoms with van der Waals surface area (Å²) in [6, 6.07) is 0. The van der Waals surface area contributed by atoms with Crippen LogP contribution in [0, 0.1) is 0 Å². The summed E-state index contributed by atoms with van der Waals surface area (Å²) in [6.07, 6.45) is 0. The molecule has 0 rings (SSSR count). The first-order valence-corrected chi connectivity index (χ1v) is 4.49. The van der Waals surface area contributed by atoms with Gasteiger partial charge in [0, 0.05) is 0 Å². The lowest BCUT2D eigenvalue weighted by Crippen LogP contribution is -1.79. The van der Waals surface area contributed by atoms with Crippen molar-refractivity contribution in [2.75, 3.05) is 6.61 Å². The molecule has 0 bridgehead atoms. The number of rotatable bonds is 2. The summed E-state index contributed by atoms with van der Waals surface area (Å²) >= 11 is 3.22. The monoisotopic (exact) mass is 142 g/mol. The summed E-state index contributed by atoms with van der Waals surface area (Å²) in [7, 11) is 0. The zero-order valence-corrected chi connectivity index (χ0v) is 5.65. The van der Waals surface area contributed by atoms with Crippen molar-refractivity contribution in [1.29, 1.82) is 0 Å². The molecule has 0 amide bonds. The van der Waals surface area contributed by atoms with Gasteiger partial charge in [0.1, 0.15) is 0 Å². The second-order valence-corrected chi connectivity index (χ2v) is 3.66. The van der Waals surface area contributed by atoms with Gasteiger partial charge in [-0.05, 0) is 6.92 Å². The van der Waals surface area contributed by atoms with E-state index in [0.717, 1.165) is 0 Å². The predicted octanol–water partition coefficient (Wildman–Crippen LogP) is 1.05. The SMILES string of the molecule is CCOP(=O)(O)S. The molecule has 1 atom stereocenters. The third-order valence-electron chi connectivity index (χ3n) is 0.297. The Morgan fingerprint density at radius 3 is 2.43 bits per heavy atom. The fraction of sp³-hybridized carbons (Fsp3) is 1.00. The topological polar surface area (TPSA) is 46.5 Å². The Hall–Kier alpha value is 0.500. The predicted molar refractivity (Wildman–Crippen MR) is 30.4 cm³/mol. The minimum Gasteiger partial charge on any atom is -0.317 e. The van der Waals surface area contributed by atoms with E-state index in [9.17, 15) is 4.57 Å². The second-order valence-electron chi connectivity index (χ2n) is 0.908. The average molecular weight is 142 g/mol. The highest BCUT2D eigenvalue weighted by Gasteiger charge is 2.07. The van der Waals surface area contributed by atoms with E-state index in [1.165, 1.54) is 0 Å². The molecule has 0 aliphatic heterocycles. The highest BCUT2D eigenvalue weighted by atomic mass is 32.7. The first-order chi connectivity index (χ1) is 3.06. The third-order valence-corrected chi connectivity index (χ3v) is 1.24. The van der Waals surface area contributed by atoms with E-state index in [-0.39, 0.29) is 6.61 Å². The number of thiol groups is 1. The van der Waals surface area contributed by atoms with E-state index >= 15 is 0 Å². The molecule has 0 fully saturated rings. The van der Waals surface area contributed by atoms with Crippen LogP contribution in [-0.4, -0.2) is 11.5 Å². The van der Waals surface area contributed by atoms with Crippen LogP contribution in [0.3, 0.4) is 0 Å². The molecule has 0 saturated carbocycles. The van der Waals surface area contributed by atoms with E-state index in [1.807, 2.05) is 0 Å². The Labute approximate surface area is 47.4 Å². The molecule has 0 aliphatic carbocycles. The zero-order valence-electron chi connectivity index (χ0n) is 3.87. The summed E-state index contributed by atoms with van der Waals surface area (Å²) in [5.74, 6) is 0. The first kappa shape index (κ1) is 7.50. The molecule has 0 spiro atoms. The van der Waals surface area contributed by atoms with Gasteiger partial charge in [-0.1, -0.05) is 12.2 Å². The van der Waals surface area contributed by atoms with Crippen LogP contribution >= 0.6 is 19.0 Å². The molecule has 5 heteroatoms. The largest absolute Gasteiger partial charge is 0.383 e. The standard InChI is InChI=1S/C2H7O3PS/c1-2-5-6(3,4)7/h2H2,1H3,(H2,3,4,7). The minimum atomic E-state index is -3.47. The molecule has 3 nitrogen and oxygen atoms in total. The van der Waals surface area contributed by atoms with Gasteiger partial charge in [-0.15, -0.1) is 0 Å². The Morgan fingerprint density at radius 2 is 2.43 bits per heavy atom. The molecule has 0 heterocycles. The minimum absolute atomic E-state index is 0.220. The fourth-order valence-electron chi connectivity index (χ4n) is 0.168. The van der Waals surface area contributed by atoms with E-state index in [1.54, 1.807) is 6.92 Å². The molecule has 7 heavy (non-hydrogen) atoms. The Balaban J connectivity index is 3.36. The Bertz CT molecular complexity index is 86.9. The zero-order chi connectivity index (χ0) is 5.91. The lowest BCUT2D eigenvalue weighted by atomic mass is 10.9. The van der Waals surface area contributed by atoms with E-state index in [4.69, 9.17) is 4.89 Å². The van der Waals surface area contributed by atoms with E-state index < -0.39 is 6.80 Å². The maximum Gasteiger partial charge on any atom is 0.383 e. The van der Waals surface area contributed by atoms with Gasteiger partial charge in [0.2, 0.25) is 0 Å². The Kier molecular flexibility index (Phi) is 2.92. The highest BCUT2D eigenvalue weighted by Crippen LogP contribution is 2.46. The van der Waals surface area contributed by atoms with E-state index in [2.05, 4.69) is 16.8 Å². The summed E-state index contributed by atoms with van der Waals surface area (Å²) in [5.41, 5.74) is 0. The molecule has 44 valence electrons. The van der Waals surface area contributed by atoms with Crippen LogP contribution in [-0.2, 0) is 9.09 Å². The maximum absolute atomic E-state index is 10.0. The third kappa shape index (κ3) is 6.50. The molecule has 0 aliphatic rings. The molecule has 0 aromatic heterocycles. The van der Waals surface area contributed by atoms with Crippen LogP contribution in [0.5, 0.6) is 0 Å². The van der Waals surface area contributed by atoms with Crippen molar-refractivity contribution in [2.24, 2.45) is 0 Å². The van der Waals surface area contributed by atoms with Crippen LogP contribution in [0.2, 0.25) is 0 Å². The summed E-state index contributed by atoms with van der Waals surface area (Å²) in [6.45, 7) is -1.63. The molecule has 1 N–H and O–H groups in total. The molecule has 0 aromatic carbocycles. The van der Waals surface area contributed by atoms with Crippen molar-refractivity contribution in [3.05, 3.63) is 0 Å². The van der Waals surface area contributed by atoms with Crippen LogP contribution in [0.1, 0.15) is 6.92 Å². The van der Waals surface area contributed by atoms with Crippen molar-refractivity contribution in [1.82, 2.24) is 0 Å². The van der Waals surface area contributed by atoms with Gasteiger partial charge in [0.05, 0.1) is 6.61 Å². The fourth-order valence-corrected chi connectivity index (χ4v) is 0.851. The van der Waals surface area contributed by atoms with Crippen LogP contribution < -0.4 is 0 Å². The number of hydrogen-bond donors (Lipinski definition) is 2. The van der Waals surface area contributed by atoms with Gasteiger partial charge in [0.25, 0.3) is 0 Å². The van der Waals surface area contributed by atoms with Gasteiger partial charge < -0.3 is 9.42 Å². The van der Waals surface area contributed by atoms with Gasteiger partial charge in [-0.25, -0.2) is 4.57 Å². The lowest BCUT2D eigenvalue weighted by Gasteiger charge is -1.99. The average Bonchev–Trinajstić information content (AvgIpc) is 1.30. The van der Waals surface area contributed by atoms with Gasteiger partial charge >= 0.3 is 6.80 Å². The normalized spacial score (nSPS) is 18.7. The van der Waals surface area contributed by atoms with Crippen LogP contribution in [0.25, 0.3) is 0 Å². The second kappa shape index (κ2) is 2.72. The number of hydrogen-bond acceptors (Lipinski definition) is 2. The highest BCUT2D eigenvalue weighted by molar-refractivity contribution is 8.44. The summed E-state index contributed by atoms with van der Waals surface area (Å²) in [5, 5.41) is 0. The molecule has 0 radical (unpaired) electrons. The Morgan fingerprint density at radius 1 is 2.00 bits per heavy atom. The molecule has 0 aromatic rings. The summed E-state index contributed by atoms with van der Waals surface area (Å²) in [4.78, 5) is 8.22. The molecule has 1 unspecified atom stereocenters. The maximum atomic E-state index is 10.0. The van der Waals surface area contributed by atoms with Crippen molar-refractivity contribution in [2.45, 2.75) is 6.92 Å². The summed E-state index contributed by atoms with van der Waals surface area (Å²) < 4.78 is 14.2. The van der Waals surface area contributed by atoms with Crippen LogP contribution in [0.4, 0.5) is 0 Å². The quantitative estimate of drug-likeness (QED) is 0.447. The van der Waals surface area contributed by atoms with Crippen molar-refractivity contribution >= 4 is 19.0 Å². The molecular weight excluding hydrogens is 135 g/mol. The van der Waals surface area contributed by atoms with Crippen molar-refractivity contribution in [3.8, 4) is 0 Å². The van der Waals surface area contributed by atoms with Crippen molar-refractivity contribution in [3.63, 3.8) is 0 Å². The van der Waals surface area contributed by atoms with Crippen molar-refractivity contribution < 1.29 is 14.0 Å².